The molecule has 1 aromatic rings. The number of halogens is 1. The zero-order chi connectivity index (χ0) is 14.4. The van der Waals surface area contributed by atoms with E-state index in [1.54, 1.807) is 6.07 Å². The van der Waals surface area contributed by atoms with Gasteiger partial charge in [-0.25, -0.2) is 0 Å². The van der Waals surface area contributed by atoms with E-state index in [-0.39, 0.29) is 12.5 Å². The van der Waals surface area contributed by atoms with Crippen molar-refractivity contribution in [1.82, 2.24) is 5.32 Å². The van der Waals surface area contributed by atoms with Gasteiger partial charge in [0.25, 0.3) is 5.91 Å². The zero-order valence-electron chi connectivity index (χ0n) is 11.1. The van der Waals surface area contributed by atoms with Crippen molar-refractivity contribution in [3.8, 4) is 0 Å². The van der Waals surface area contributed by atoms with Crippen molar-refractivity contribution < 1.29 is 14.7 Å². The second-order valence-electron chi connectivity index (χ2n) is 4.47. The van der Waals surface area contributed by atoms with E-state index in [1.165, 1.54) is 0 Å². The molecule has 1 unspecified atom stereocenters. The van der Waals surface area contributed by atoms with Crippen LogP contribution in [0.25, 0.3) is 0 Å². The number of hydrogen-bond acceptors (Lipinski definition) is 2. The number of hydrogen-bond donors (Lipinski definition) is 2. The Balaban J connectivity index is 2.69. The van der Waals surface area contributed by atoms with Gasteiger partial charge in [0.2, 0.25) is 0 Å². The summed E-state index contributed by atoms with van der Waals surface area (Å²) in [6.45, 7) is 4.04. The number of carboxylic acids is 1. The second kappa shape index (κ2) is 7.47. The molecule has 0 heterocycles. The lowest BCUT2D eigenvalue weighted by molar-refractivity contribution is -0.141. The highest BCUT2D eigenvalue weighted by Gasteiger charge is 2.18. The van der Waals surface area contributed by atoms with E-state index < -0.39 is 11.9 Å². The quantitative estimate of drug-likeness (QED) is 0.752. The van der Waals surface area contributed by atoms with Gasteiger partial charge in [-0.1, -0.05) is 25.5 Å². The number of aliphatic carboxylic acids is 1. The molecule has 0 aliphatic heterocycles. The van der Waals surface area contributed by atoms with Crippen molar-refractivity contribution in [3.05, 3.63) is 32.9 Å². The minimum Gasteiger partial charge on any atom is -0.481 e. The molecule has 0 aliphatic rings. The summed E-state index contributed by atoms with van der Waals surface area (Å²) in [5.74, 6) is -1.59. The van der Waals surface area contributed by atoms with E-state index >= 15 is 0 Å². The van der Waals surface area contributed by atoms with Gasteiger partial charge in [0.05, 0.1) is 11.5 Å². The third-order valence-corrected chi connectivity index (χ3v) is 4.36. The van der Waals surface area contributed by atoms with Crippen LogP contribution in [0.1, 0.15) is 35.7 Å². The number of rotatable bonds is 6. The highest BCUT2D eigenvalue weighted by molar-refractivity contribution is 14.1. The van der Waals surface area contributed by atoms with Crippen LogP contribution < -0.4 is 5.32 Å². The Bertz CT molecular complexity index is 474. The predicted molar refractivity (Wildman–Crippen MR) is 82.3 cm³/mol. The molecule has 0 saturated carbocycles. The fraction of sp³-hybridized carbons (Fsp3) is 0.429. The lowest BCUT2D eigenvalue weighted by atomic mass is 10.0. The lowest BCUT2D eigenvalue weighted by Gasteiger charge is -2.13. The largest absolute Gasteiger partial charge is 0.481 e. The molecule has 0 bridgehead atoms. The fourth-order valence-corrected chi connectivity index (χ4v) is 2.40. The van der Waals surface area contributed by atoms with Gasteiger partial charge in [0, 0.05) is 10.1 Å². The minimum atomic E-state index is -0.860. The van der Waals surface area contributed by atoms with E-state index in [4.69, 9.17) is 5.11 Å². The summed E-state index contributed by atoms with van der Waals surface area (Å²) in [7, 11) is 0. The van der Waals surface area contributed by atoms with Gasteiger partial charge < -0.3 is 10.4 Å². The van der Waals surface area contributed by atoms with Crippen LogP contribution in [0, 0.1) is 16.4 Å². The first-order chi connectivity index (χ1) is 8.97. The van der Waals surface area contributed by atoms with Gasteiger partial charge in [0.15, 0.2) is 0 Å². The van der Waals surface area contributed by atoms with Crippen LogP contribution in [-0.4, -0.2) is 23.5 Å². The number of nitrogens with one attached hydrogen (secondary N) is 1. The maximum absolute atomic E-state index is 12.0. The number of carbonyl (C=O) groups is 2. The summed E-state index contributed by atoms with van der Waals surface area (Å²) < 4.78 is 0.903. The molecule has 19 heavy (non-hydrogen) atoms. The molecule has 1 rings (SSSR count). The summed E-state index contributed by atoms with van der Waals surface area (Å²) in [6, 6.07) is 5.52. The molecule has 2 N–H and O–H groups in total. The normalized spacial score (nSPS) is 11.9. The van der Waals surface area contributed by atoms with Crippen LogP contribution in [0.5, 0.6) is 0 Å². The van der Waals surface area contributed by atoms with Crippen molar-refractivity contribution >= 4 is 34.5 Å². The zero-order valence-corrected chi connectivity index (χ0v) is 13.2. The maximum atomic E-state index is 12.0. The smallest absolute Gasteiger partial charge is 0.308 e. The highest BCUT2D eigenvalue weighted by Crippen LogP contribution is 2.16. The van der Waals surface area contributed by atoms with E-state index in [0.717, 1.165) is 15.6 Å². The molecule has 0 aliphatic carbocycles. The van der Waals surface area contributed by atoms with Gasteiger partial charge in [-0.3, -0.25) is 9.59 Å². The van der Waals surface area contributed by atoms with Crippen molar-refractivity contribution in [1.29, 1.82) is 0 Å². The van der Waals surface area contributed by atoms with Gasteiger partial charge in [-0.15, -0.1) is 0 Å². The van der Waals surface area contributed by atoms with Crippen molar-refractivity contribution in [3.63, 3.8) is 0 Å². The molecule has 0 spiro atoms. The molecule has 5 heteroatoms. The third-order valence-electron chi connectivity index (χ3n) is 2.93. The summed E-state index contributed by atoms with van der Waals surface area (Å²) >= 11 is 2.13. The van der Waals surface area contributed by atoms with Gasteiger partial charge in [0.1, 0.15) is 0 Å². The van der Waals surface area contributed by atoms with Crippen LogP contribution in [0.3, 0.4) is 0 Å². The lowest BCUT2D eigenvalue weighted by Crippen LogP contribution is -2.33. The Morgan fingerprint density at radius 1 is 1.42 bits per heavy atom. The van der Waals surface area contributed by atoms with E-state index in [2.05, 4.69) is 27.9 Å². The van der Waals surface area contributed by atoms with E-state index in [9.17, 15) is 9.59 Å². The molecule has 1 amide bonds. The predicted octanol–water partition coefficient (Wildman–Crippen LogP) is 2.83. The highest BCUT2D eigenvalue weighted by atomic mass is 127. The minimum absolute atomic E-state index is 0.173. The van der Waals surface area contributed by atoms with Crippen LogP contribution in [0.15, 0.2) is 18.2 Å². The monoisotopic (exact) mass is 375 g/mol. The fourth-order valence-electron chi connectivity index (χ4n) is 1.80. The number of carbonyl (C=O) groups excluding carboxylic acids is 1. The first-order valence-electron chi connectivity index (χ1n) is 6.23. The maximum Gasteiger partial charge on any atom is 0.308 e. The van der Waals surface area contributed by atoms with Crippen LogP contribution in [0.2, 0.25) is 0 Å². The number of carboxylic acid groups (broad SMARTS) is 1. The Morgan fingerprint density at radius 3 is 2.68 bits per heavy atom. The SMILES string of the molecule is CCCC(CNC(=O)c1cccc(C)c1I)C(=O)O. The van der Waals surface area contributed by atoms with Gasteiger partial charge in [-0.05, 0) is 47.6 Å². The Kier molecular flexibility index (Phi) is 6.27. The number of amides is 1. The average Bonchev–Trinajstić information content (AvgIpc) is 2.37. The molecule has 0 radical (unpaired) electrons. The Morgan fingerprint density at radius 2 is 2.11 bits per heavy atom. The number of aryl methyl sites for hydroxylation is 1. The van der Waals surface area contributed by atoms with Crippen LogP contribution >= 0.6 is 22.6 Å². The summed E-state index contributed by atoms with van der Waals surface area (Å²) in [5.41, 5.74) is 1.64. The first kappa shape index (κ1) is 15.9. The summed E-state index contributed by atoms with van der Waals surface area (Å²) in [6.07, 6.45) is 1.36. The standard InChI is InChI=1S/C14H18INO3/c1-3-5-10(14(18)19)8-16-13(17)11-7-4-6-9(2)12(11)15/h4,6-7,10H,3,5,8H2,1-2H3,(H,16,17)(H,18,19). The Hall–Kier alpha value is -1.11. The van der Waals surface area contributed by atoms with Crippen LogP contribution in [-0.2, 0) is 4.79 Å². The molecular formula is C14H18INO3. The van der Waals surface area contributed by atoms with Crippen molar-refractivity contribution in [2.24, 2.45) is 5.92 Å². The van der Waals surface area contributed by atoms with Crippen molar-refractivity contribution in [2.45, 2.75) is 26.7 Å². The molecule has 1 atom stereocenters. The van der Waals surface area contributed by atoms with Gasteiger partial charge >= 0.3 is 5.97 Å². The Labute approximate surface area is 126 Å². The topological polar surface area (TPSA) is 66.4 Å². The molecule has 4 nitrogen and oxygen atoms in total. The summed E-state index contributed by atoms with van der Waals surface area (Å²) in [5, 5.41) is 11.7. The van der Waals surface area contributed by atoms with Crippen molar-refractivity contribution in [2.75, 3.05) is 6.54 Å². The molecular weight excluding hydrogens is 357 g/mol. The third kappa shape index (κ3) is 4.49. The van der Waals surface area contributed by atoms with E-state index in [1.807, 2.05) is 26.0 Å². The van der Waals surface area contributed by atoms with Gasteiger partial charge in [-0.2, -0.15) is 0 Å². The molecule has 1 aromatic carbocycles. The summed E-state index contributed by atoms with van der Waals surface area (Å²) in [4.78, 5) is 23.0. The van der Waals surface area contributed by atoms with E-state index in [0.29, 0.717) is 12.0 Å². The van der Waals surface area contributed by atoms with Crippen LogP contribution in [0.4, 0.5) is 0 Å². The molecule has 0 saturated heterocycles. The average molecular weight is 375 g/mol. The molecule has 0 fully saturated rings. The molecule has 0 aromatic heterocycles. The number of benzene rings is 1. The first-order valence-corrected chi connectivity index (χ1v) is 7.31. The molecule has 104 valence electrons. The second-order valence-corrected chi connectivity index (χ2v) is 5.55.